The molecule has 1 aromatic heterocycles. The summed E-state index contributed by atoms with van der Waals surface area (Å²) in [5, 5.41) is 13.2. The molecule has 0 fully saturated rings. The average molecular weight is 302 g/mol. The molecule has 3 rings (SSSR count). The molecule has 0 aliphatic carbocycles. The van der Waals surface area contributed by atoms with E-state index in [1.54, 1.807) is 6.07 Å². The van der Waals surface area contributed by atoms with Gasteiger partial charge in [0.25, 0.3) is 5.91 Å². The Morgan fingerprint density at radius 1 is 1.45 bits per heavy atom. The second-order valence-corrected chi connectivity index (χ2v) is 5.53. The van der Waals surface area contributed by atoms with E-state index in [2.05, 4.69) is 20.8 Å². The van der Waals surface area contributed by atoms with E-state index >= 15 is 0 Å². The Labute approximate surface area is 128 Å². The van der Waals surface area contributed by atoms with Crippen LogP contribution in [0.1, 0.15) is 32.9 Å². The minimum atomic E-state index is -0.235. The first-order chi connectivity index (χ1) is 10.6. The quantitative estimate of drug-likeness (QED) is 0.801. The Morgan fingerprint density at radius 3 is 3.14 bits per heavy atom. The summed E-state index contributed by atoms with van der Waals surface area (Å²) in [6.45, 7) is 3.95. The average Bonchev–Trinajstić information content (AvgIpc) is 2.93. The molecule has 0 atom stereocenters. The number of nitrogens with one attached hydrogen (secondary N) is 3. The lowest BCUT2D eigenvalue weighted by atomic mass is 10.1. The van der Waals surface area contributed by atoms with Crippen LogP contribution in [-0.4, -0.2) is 29.2 Å². The zero-order valence-electron chi connectivity index (χ0n) is 12.5. The van der Waals surface area contributed by atoms with Crippen LogP contribution in [0.2, 0.25) is 0 Å². The fraction of sp³-hybridized carbons (Fsp3) is 0.375. The van der Waals surface area contributed by atoms with E-state index in [1.807, 2.05) is 6.92 Å². The van der Waals surface area contributed by atoms with Gasteiger partial charge in [-0.2, -0.15) is 5.10 Å². The van der Waals surface area contributed by atoms with E-state index in [0.29, 0.717) is 25.2 Å². The van der Waals surface area contributed by atoms with Gasteiger partial charge in [0, 0.05) is 37.3 Å². The molecule has 0 radical (unpaired) electrons. The number of fused-ring (bicyclic) bond motifs is 1. The third kappa shape index (κ3) is 3.01. The summed E-state index contributed by atoms with van der Waals surface area (Å²) in [5.41, 5.74) is 4.40. The van der Waals surface area contributed by atoms with Gasteiger partial charge in [-0.25, -0.2) is 4.39 Å². The van der Waals surface area contributed by atoms with Crippen molar-refractivity contribution in [1.82, 2.24) is 20.8 Å². The maximum Gasteiger partial charge on any atom is 0.272 e. The van der Waals surface area contributed by atoms with E-state index in [1.165, 1.54) is 12.1 Å². The van der Waals surface area contributed by atoms with E-state index in [4.69, 9.17) is 0 Å². The molecule has 5 nitrogen and oxygen atoms in total. The SMILES string of the molecule is Cc1cc(F)ccc1CCNC(=O)c1n[nH]c2c1CNCC2. The summed E-state index contributed by atoms with van der Waals surface area (Å²) in [5.74, 6) is -0.401. The van der Waals surface area contributed by atoms with Gasteiger partial charge in [0.2, 0.25) is 0 Å². The number of carbonyl (C=O) groups excluding carboxylic acids is 1. The lowest BCUT2D eigenvalue weighted by molar-refractivity contribution is 0.0948. The van der Waals surface area contributed by atoms with Gasteiger partial charge < -0.3 is 10.6 Å². The first-order valence-electron chi connectivity index (χ1n) is 7.45. The fourth-order valence-corrected chi connectivity index (χ4v) is 2.75. The smallest absolute Gasteiger partial charge is 0.272 e. The van der Waals surface area contributed by atoms with Crippen molar-refractivity contribution in [3.05, 3.63) is 52.1 Å². The van der Waals surface area contributed by atoms with Crippen LogP contribution < -0.4 is 10.6 Å². The van der Waals surface area contributed by atoms with Crippen LogP contribution >= 0.6 is 0 Å². The molecule has 1 aromatic carbocycles. The van der Waals surface area contributed by atoms with E-state index in [9.17, 15) is 9.18 Å². The van der Waals surface area contributed by atoms with Gasteiger partial charge in [0.05, 0.1) is 0 Å². The highest BCUT2D eigenvalue weighted by atomic mass is 19.1. The van der Waals surface area contributed by atoms with E-state index in [-0.39, 0.29) is 11.7 Å². The van der Waals surface area contributed by atoms with Gasteiger partial charge >= 0.3 is 0 Å². The van der Waals surface area contributed by atoms with Crippen LogP contribution in [0.15, 0.2) is 18.2 Å². The molecule has 6 heteroatoms. The molecule has 3 N–H and O–H groups in total. The second kappa shape index (κ2) is 6.27. The number of carbonyl (C=O) groups is 1. The van der Waals surface area contributed by atoms with E-state index < -0.39 is 0 Å². The predicted octanol–water partition coefficient (Wildman–Crippen LogP) is 1.48. The number of aromatic nitrogens is 2. The van der Waals surface area contributed by atoms with E-state index in [0.717, 1.165) is 35.3 Å². The van der Waals surface area contributed by atoms with Gasteiger partial charge in [-0.15, -0.1) is 0 Å². The Hall–Kier alpha value is -2.21. The Kier molecular flexibility index (Phi) is 4.20. The largest absolute Gasteiger partial charge is 0.350 e. The summed E-state index contributed by atoms with van der Waals surface area (Å²) >= 11 is 0. The molecule has 0 spiro atoms. The lowest BCUT2D eigenvalue weighted by Crippen LogP contribution is -2.29. The molecule has 0 bridgehead atoms. The molecule has 1 amide bonds. The lowest BCUT2D eigenvalue weighted by Gasteiger charge is -2.13. The van der Waals surface area contributed by atoms with Crippen molar-refractivity contribution < 1.29 is 9.18 Å². The first kappa shape index (κ1) is 14.7. The van der Waals surface area contributed by atoms with Crippen molar-refractivity contribution in [2.75, 3.05) is 13.1 Å². The van der Waals surface area contributed by atoms with Gasteiger partial charge in [0.1, 0.15) is 5.82 Å². The molecule has 2 heterocycles. The minimum absolute atomic E-state index is 0.166. The van der Waals surface area contributed by atoms with Crippen molar-refractivity contribution >= 4 is 5.91 Å². The number of halogens is 1. The maximum absolute atomic E-state index is 13.1. The van der Waals surface area contributed by atoms with Crippen molar-refractivity contribution in [3.63, 3.8) is 0 Å². The third-order valence-corrected chi connectivity index (χ3v) is 4.01. The van der Waals surface area contributed by atoms with Gasteiger partial charge in [-0.1, -0.05) is 6.07 Å². The summed E-state index contributed by atoms with van der Waals surface area (Å²) in [7, 11) is 0. The van der Waals surface area contributed by atoms with Crippen LogP contribution in [0.5, 0.6) is 0 Å². The zero-order chi connectivity index (χ0) is 15.5. The summed E-state index contributed by atoms with van der Waals surface area (Å²) < 4.78 is 13.1. The van der Waals surface area contributed by atoms with Crippen LogP contribution in [0.25, 0.3) is 0 Å². The minimum Gasteiger partial charge on any atom is -0.350 e. The van der Waals surface area contributed by atoms with Crippen molar-refractivity contribution in [1.29, 1.82) is 0 Å². The topological polar surface area (TPSA) is 69.8 Å². The predicted molar refractivity (Wildman–Crippen MR) is 81.2 cm³/mol. The molecule has 116 valence electrons. The third-order valence-electron chi connectivity index (χ3n) is 4.01. The monoisotopic (exact) mass is 302 g/mol. The highest BCUT2D eigenvalue weighted by Gasteiger charge is 2.21. The maximum atomic E-state index is 13.1. The first-order valence-corrected chi connectivity index (χ1v) is 7.45. The summed E-state index contributed by atoms with van der Waals surface area (Å²) in [6, 6.07) is 4.71. The normalized spacial score (nSPS) is 13.7. The Bertz CT molecular complexity index is 695. The van der Waals surface area contributed by atoms with Crippen LogP contribution in [0.3, 0.4) is 0 Å². The van der Waals surface area contributed by atoms with Gasteiger partial charge in [0.15, 0.2) is 5.69 Å². The van der Waals surface area contributed by atoms with Gasteiger partial charge in [-0.05, 0) is 36.6 Å². The van der Waals surface area contributed by atoms with Crippen LogP contribution in [0.4, 0.5) is 4.39 Å². The number of hydrogen-bond acceptors (Lipinski definition) is 3. The fourth-order valence-electron chi connectivity index (χ4n) is 2.75. The van der Waals surface area contributed by atoms with Crippen molar-refractivity contribution in [2.45, 2.75) is 26.3 Å². The standard InChI is InChI=1S/C16H19FN4O/c1-10-8-12(17)3-2-11(10)4-7-19-16(22)15-13-9-18-6-5-14(13)20-21-15/h2-3,8,18H,4-7,9H2,1H3,(H,19,22)(H,20,21). The number of aryl methyl sites for hydroxylation is 1. The van der Waals surface area contributed by atoms with Crippen LogP contribution in [0, 0.1) is 12.7 Å². The molecular weight excluding hydrogens is 283 g/mol. The molecule has 0 saturated heterocycles. The number of nitrogens with zero attached hydrogens (tertiary/aromatic N) is 1. The molecule has 22 heavy (non-hydrogen) atoms. The van der Waals surface area contributed by atoms with Gasteiger partial charge in [-0.3, -0.25) is 9.89 Å². The zero-order valence-corrected chi connectivity index (χ0v) is 12.5. The molecule has 1 aliphatic heterocycles. The molecule has 1 aliphatic rings. The highest BCUT2D eigenvalue weighted by molar-refractivity contribution is 5.94. The molecular formula is C16H19FN4O. The molecule has 2 aromatic rings. The number of H-pyrrole nitrogens is 1. The Morgan fingerprint density at radius 2 is 2.32 bits per heavy atom. The van der Waals surface area contributed by atoms with Crippen LogP contribution in [-0.2, 0) is 19.4 Å². The summed E-state index contributed by atoms with van der Waals surface area (Å²) in [4.78, 5) is 12.2. The highest BCUT2D eigenvalue weighted by Crippen LogP contribution is 2.15. The van der Waals surface area contributed by atoms with Crippen molar-refractivity contribution in [3.8, 4) is 0 Å². The molecule has 0 saturated carbocycles. The number of hydrogen-bond donors (Lipinski definition) is 3. The number of rotatable bonds is 4. The number of aromatic amines is 1. The number of amides is 1. The summed E-state index contributed by atoms with van der Waals surface area (Å²) in [6.07, 6.45) is 1.53. The second-order valence-electron chi connectivity index (χ2n) is 5.53. The van der Waals surface area contributed by atoms with Crippen molar-refractivity contribution in [2.24, 2.45) is 0 Å². The molecule has 0 unspecified atom stereocenters. The number of benzene rings is 1. The Balaban J connectivity index is 1.60.